The van der Waals surface area contributed by atoms with E-state index in [9.17, 15) is 4.79 Å². The van der Waals surface area contributed by atoms with Gasteiger partial charge in [-0.15, -0.1) is 0 Å². The molecule has 1 aromatic heterocycles. The number of fused-ring (bicyclic) bond motifs is 1. The zero-order valence-corrected chi connectivity index (χ0v) is 12.8. The van der Waals surface area contributed by atoms with Crippen LogP contribution < -0.4 is 0 Å². The van der Waals surface area contributed by atoms with Gasteiger partial charge >= 0.3 is 5.97 Å². The maximum Gasteiger partial charge on any atom is 0.357 e. The first-order valence-electron chi connectivity index (χ1n) is 7.40. The Balaban J connectivity index is 1.78. The van der Waals surface area contributed by atoms with E-state index in [1.807, 2.05) is 24.3 Å². The largest absolute Gasteiger partial charge is 0.458 e. The normalized spacial score (nSPS) is 22.2. The van der Waals surface area contributed by atoms with E-state index in [-0.39, 0.29) is 17.8 Å². The molecule has 1 aromatic carbocycles. The highest BCUT2D eigenvalue weighted by atomic mass is 35.5. The minimum absolute atomic E-state index is 0.0146. The zero-order chi connectivity index (χ0) is 14.8. The summed E-state index contributed by atoms with van der Waals surface area (Å²) in [6, 6.07) is 9.37. The predicted molar refractivity (Wildman–Crippen MR) is 83.6 cm³/mol. The lowest BCUT2D eigenvalue weighted by Crippen LogP contribution is -2.24. The van der Waals surface area contributed by atoms with Gasteiger partial charge in [-0.05, 0) is 43.1 Å². The SMILES string of the molecule is CC1CCC(OC(=O)c2cc3ccccc3c(Cl)n2)CC1. The molecule has 110 valence electrons. The standard InChI is InChI=1S/C17H18ClNO2/c1-11-6-8-13(9-7-11)21-17(20)15-10-12-4-2-3-5-14(12)16(18)19-15/h2-5,10-11,13H,6-9H2,1H3. The fourth-order valence-electron chi connectivity index (χ4n) is 2.82. The first kappa shape index (κ1) is 14.3. The van der Waals surface area contributed by atoms with Crippen molar-refractivity contribution < 1.29 is 9.53 Å². The van der Waals surface area contributed by atoms with Gasteiger partial charge in [-0.1, -0.05) is 42.8 Å². The predicted octanol–water partition coefficient (Wildman–Crippen LogP) is 4.62. The lowest BCUT2D eigenvalue weighted by molar-refractivity contribution is 0.0167. The van der Waals surface area contributed by atoms with Crippen LogP contribution >= 0.6 is 11.6 Å². The van der Waals surface area contributed by atoms with Crippen LogP contribution in [-0.2, 0) is 4.74 Å². The fraction of sp³-hybridized carbons (Fsp3) is 0.412. The van der Waals surface area contributed by atoms with Crippen molar-refractivity contribution in [2.75, 3.05) is 0 Å². The van der Waals surface area contributed by atoms with Gasteiger partial charge in [-0.3, -0.25) is 0 Å². The number of pyridine rings is 1. The van der Waals surface area contributed by atoms with Crippen LogP contribution in [0.2, 0.25) is 5.15 Å². The molecule has 0 radical (unpaired) electrons. The smallest absolute Gasteiger partial charge is 0.357 e. The van der Waals surface area contributed by atoms with Crippen LogP contribution in [-0.4, -0.2) is 17.1 Å². The minimum atomic E-state index is -0.373. The Morgan fingerprint density at radius 1 is 1.24 bits per heavy atom. The number of esters is 1. The van der Waals surface area contributed by atoms with Gasteiger partial charge in [0.05, 0.1) is 0 Å². The summed E-state index contributed by atoms with van der Waals surface area (Å²) >= 11 is 6.15. The highest BCUT2D eigenvalue weighted by Crippen LogP contribution is 2.27. The quantitative estimate of drug-likeness (QED) is 0.600. The Morgan fingerprint density at radius 3 is 2.71 bits per heavy atom. The Bertz CT molecular complexity index is 663. The molecule has 0 N–H and O–H groups in total. The molecule has 21 heavy (non-hydrogen) atoms. The minimum Gasteiger partial charge on any atom is -0.458 e. The zero-order valence-electron chi connectivity index (χ0n) is 12.0. The van der Waals surface area contributed by atoms with Gasteiger partial charge in [0.15, 0.2) is 5.69 Å². The molecule has 1 saturated carbocycles. The van der Waals surface area contributed by atoms with Crippen molar-refractivity contribution in [2.24, 2.45) is 5.92 Å². The van der Waals surface area contributed by atoms with Gasteiger partial charge in [0.2, 0.25) is 0 Å². The van der Waals surface area contributed by atoms with Crippen LogP contribution in [0.5, 0.6) is 0 Å². The summed E-state index contributed by atoms with van der Waals surface area (Å²) in [5.41, 5.74) is 0.289. The van der Waals surface area contributed by atoms with E-state index in [2.05, 4.69) is 11.9 Å². The topological polar surface area (TPSA) is 39.2 Å². The molecule has 4 heteroatoms. The molecule has 0 amide bonds. The second kappa shape index (κ2) is 6.02. The van der Waals surface area contributed by atoms with Crippen LogP contribution in [0.25, 0.3) is 10.8 Å². The van der Waals surface area contributed by atoms with E-state index < -0.39 is 0 Å². The number of aromatic nitrogens is 1. The highest BCUT2D eigenvalue weighted by molar-refractivity contribution is 6.34. The summed E-state index contributed by atoms with van der Waals surface area (Å²) in [4.78, 5) is 16.4. The Morgan fingerprint density at radius 2 is 1.95 bits per heavy atom. The van der Waals surface area contributed by atoms with Crippen LogP contribution in [0.3, 0.4) is 0 Å². The van der Waals surface area contributed by atoms with Crippen molar-refractivity contribution >= 4 is 28.3 Å². The molecule has 1 fully saturated rings. The molecule has 0 unspecified atom stereocenters. The molecule has 0 atom stereocenters. The van der Waals surface area contributed by atoms with Gasteiger partial charge < -0.3 is 4.74 Å². The van der Waals surface area contributed by atoms with E-state index in [0.717, 1.165) is 42.4 Å². The number of ether oxygens (including phenoxy) is 1. The number of rotatable bonds is 2. The second-order valence-electron chi connectivity index (χ2n) is 5.81. The number of carbonyl (C=O) groups is 1. The van der Waals surface area contributed by atoms with Crippen molar-refractivity contribution in [1.82, 2.24) is 4.98 Å². The molecule has 3 rings (SSSR count). The first-order chi connectivity index (χ1) is 10.1. The van der Waals surface area contributed by atoms with E-state index in [4.69, 9.17) is 16.3 Å². The summed E-state index contributed by atoms with van der Waals surface area (Å²) in [5, 5.41) is 2.10. The molecular weight excluding hydrogens is 286 g/mol. The van der Waals surface area contributed by atoms with E-state index in [0.29, 0.717) is 5.15 Å². The molecular formula is C17H18ClNO2. The van der Waals surface area contributed by atoms with E-state index >= 15 is 0 Å². The number of carbonyl (C=O) groups excluding carboxylic acids is 1. The number of benzene rings is 1. The molecule has 1 heterocycles. The third-order valence-corrected chi connectivity index (χ3v) is 4.43. The second-order valence-corrected chi connectivity index (χ2v) is 6.16. The maximum absolute atomic E-state index is 12.2. The molecule has 0 aliphatic heterocycles. The van der Waals surface area contributed by atoms with Crippen LogP contribution in [0.1, 0.15) is 43.1 Å². The third kappa shape index (κ3) is 3.18. The summed E-state index contributed by atoms with van der Waals surface area (Å²) in [7, 11) is 0. The lowest BCUT2D eigenvalue weighted by atomic mass is 9.89. The van der Waals surface area contributed by atoms with Crippen molar-refractivity contribution in [1.29, 1.82) is 0 Å². The molecule has 1 aliphatic carbocycles. The number of hydrogen-bond donors (Lipinski definition) is 0. The summed E-state index contributed by atoms with van der Waals surface area (Å²) < 4.78 is 5.57. The average molecular weight is 304 g/mol. The van der Waals surface area contributed by atoms with Crippen molar-refractivity contribution in [3.05, 3.63) is 41.2 Å². The number of hydrogen-bond acceptors (Lipinski definition) is 3. The summed E-state index contributed by atoms with van der Waals surface area (Å²) in [6.45, 7) is 2.24. The van der Waals surface area contributed by atoms with Crippen molar-refractivity contribution in [3.63, 3.8) is 0 Å². The van der Waals surface area contributed by atoms with Gasteiger partial charge in [0, 0.05) is 5.39 Å². The summed E-state index contributed by atoms with van der Waals surface area (Å²) in [5.74, 6) is 0.357. The Kier molecular flexibility index (Phi) is 4.11. The van der Waals surface area contributed by atoms with E-state index in [1.165, 1.54) is 0 Å². The highest BCUT2D eigenvalue weighted by Gasteiger charge is 2.23. The first-order valence-corrected chi connectivity index (χ1v) is 7.77. The fourth-order valence-corrected chi connectivity index (χ4v) is 3.08. The molecule has 0 bridgehead atoms. The monoisotopic (exact) mass is 303 g/mol. The van der Waals surface area contributed by atoms with Gasteiger partial charge in [-0.2, -0.15) is 0 Å². The number of halogens is 1. The van der Waals surface area contributed by atoms with Gasteiger partial charge in [-0.25, -0.2) is 9.78 Å². The Hall–Kier alpha value is -1.61. The molecule has 3 nitrogen and oxygen atoms in total. The van der Waals surface area contributed by atoms with Gasteiger partial charge in [0.25, 0.3) is 0 Å². The molecule has 1 aliphatic rings. The lowest BCUT2D eigenvalue weighted by Gasteiger charge is -2.25. The van der Waals surface area contributed by atoms with Crippen molar-refractivity contribution in [3.8, 4) is 0 Å². The van der Waals surface area contributed by atoms with Crippen LogP contribution in [0, 0.1) is 5.92 Å². The summed E-state index contributed by atoms with van der Waals surface area (Å²) in [6.07, 6.45) is 4.12. The van der Waals surface area contributed by atoms with E-state index in [1.54, 1.807) is 6.07 Å². The Labute approximate surface area is 129 Å². The molecule has 0 saturated heterocycles. The van der Waals surface area contributed by atoms with Gasteiger partial charge in [0.1, 0.15) is 11.3 Å². The molecule has 2 aromatic rings. The van der Waals surface area contributed by atoms with Crippen molar-refractivity contribution in [2.45, 2.75) is 38.7 Å². The third-order valence-electron chi connectivity index (χ3n) is 4.14. The average Bonchev–Trinajstić information content (AvgIpc) is 2.49. The van der Waals surface area contributed by atoms with Crippen LogP contribution in [0.4, 0.5) is 0 Å². The van der Waals surface area contributed by atoms with Crippen LogP contribution in [0.15, 0.2) is 30.3 Å². The maximum atomic E-state index is 12.2. The molecule has 0 spiro atoms. The number of nitrogens with zero attached hydrogens (tertiary/aromatic N) is 1.